The molecule has 1 aliphatic heterocycles. The predicted octanol–water partition coefficient (Wildman–Crippen LogP) is 0.233. The number of hydrogen-bond donors (Lipinski definition) is 2. The minimum Gasteiger partial charge on any atom is -0.481 e. The maximum absolute atomic E-state index is 11.3. The van der Waals surface area contributed by atoms with Crippen LogP contribution in [0.25, 0.3) is 0 Å². The standard InChI is InChI=1S/C9H13NO3/c11-8-7-3-5(9(12)13)1-2-6(7)4-10-8/h5-7H,1-4H2,(H,10,11)(H,12,13). The van der Waals surface area contributed by atoms with Gasteiger partial charge in [-0.25, -0.2) is 0 Å². The molecule has 0 aromatic carbocycles. The Balaban J connectivity index is 2.05. The van der Waals surface area contributed by atoms with Crippen LogP contribution < -0.4 is 5.32 Å². The molecule has 1 saturated carbocycles. The molecule has 72 valence electrons. The fourth-order valence-electron chi connectivity index (χ4n) is 2.39. The molecule has 4 heteroatoms. The highest BCUT2D eigenvalue weighted by Gasteiger charge is 2.41. The molecular weight excluding hydrogens is 170 g/mol. The lowest BCUT2D eigenvalue weighted by Gasteiger charge is -2.26. The summed E-state index contributed by atoms with van der Waals surface area (Å²) in [5.74, 6) is -0.642. The van der Waals surface area contributed by atoms with Crippen LogP contribution in [0.3, 0.4) is 0 Å². The largest absolute Gasteiger partial charge is 0.481 e. The first-order chi connectivity index (χ1) is 6.18. The molecule has 4 nitrogen and oxygen atoms in total. The average molecular weight is 183 g/mol. The van der Waals surface area contributed by atoms with Crippen molar-refractivity contribution >= 4 is 11.9 Å². The molecule has 13 heavy (non-hydrogen) atoms. The van der Waals surface area contributed by atoms with Crippen molar-refractivity contribution in [2.45, 2.75) is 19.3 Å². The zero-order valence-corrected chi connectivity index (χ0v) is 7.32. The van der Waals surface area contributed by atoms with Gasteiger partial charge in [-0.1, -0.05) is 0 Å². The van der Waals surface area contributed by atoms with Crippen LogP contribution in [0.4, 0.5) is 0 Å². The molecule has 2 fully saturated rings. The molecule has 0 spiro atoms. The van der Waals surface area contributed by atoms with Crippen molar-refractivity contribution in [3.63, 3.8) is 0 Å². The number of carbonyl (C=O) groups is 2. The summed E-state index contributed by atoms with van der Waals surface area (Å²) >= 11 is 0. The van der Waals surface area contributed by atoms with Gasteiger partial charge >= 0.3 is 5.97 Å². The molecule has 3 unspecified atom stereocenters. The normalized spacial score (nSPS) is 38.2. The molecule has 1 saturated heterocycles. The minimum absolute atomic E-state index is 0.0325. The van der Waals surface area contributed by atoms with Gasteiger partial charge in [-0.15, -0.1) is 0 Å². The first-order valence-corrected chi connectivity index (χ1v) is 4.69. The predicted molar refractivity (Wildman–Crippen MR) is 45.0 cm³/mol. The van der Waals surface area contributed by atoms with E-state index in [-0.39, 0.29) is 17.7 Å². The van der Waals surface area contributed by atoms with Gasteiger partial charge in [0.1, 0.15) is 0 Å². The van der Waals surface area contributed by atoms with E-state index in [9.17, 15) is 9.59 Å². The first kappa shape index (κ1) is 8.53. The second kappa shape index (κ2) is 3.01. The number of carboxylic acid groups (broad SMARTS) is 1. The molecule has 2 rings (SSSR count). The zero-order chi connectivity index (χ0) is 9.42. The Kier molecular flexibility index (Phi) is 1.98. The van der Waals surface area contributed by atoms with E-state index in [4.69, 9.17) is 5.11 Å². The molecule has 1 amide bonds. The lowest BCUT2D eigenvalue weighted by molar-refractivity contribution is -0.144. The molecule has 0 bridgehead atoms. The van der Waals surface area contributed by atoms with E-state index < -0.39 is 5.97 Å². The monoisotopic (exact) mass is 183 g/mol. The summed E-state index contributed by atoms with van der Waals surface area (Å²) in [5.41, 5.74) is 0. The molecule has 1 aliphatic carbocycles. The number of aliphatic carboxylic acids is 1. The van der Waals surface area contributed by atoms with Crippen molar-refractivity contribution < 1.29 is 14.7 Å². The van der Waals surface area contributed by atoms with Crippen LogP contribution in [0.5, 0.6) is 0 Å². The summed E-state index contributed by atoms with van der Waals surface area (Å²) in [6, 6.07) is 0. The molecule has 0 radical (unpaired) electrons. The highest BCUT2D eigenvalue weighted by atomic mass is 16.4. The van der Waals surface area contributed by atoms with E-state index >= 15 is 0 Å². The number of carboxylic acids is 1. The number of fused-ring (bicyclic) bond motifs is 1. The Labute approximate surface area is 76.3 Å². The molecule has 2 N–H and O–H groups in total. The number of nitrogens with one attached hydrogen (secondary N) is 1. The van der Waals surface area contributed by atoms with Gasteiger partial charge in [-0.2, -0.15) is 0 Å². The van der Waals surface area contributed by atoms with Crippen LogP contribution in [0.1, 0.15) is 19.3 Å². The summed E-state index contributed by atoms with van der Waals surface area (Å²) in [6.07, 6.45) is 2.14. The highest BCUT2D eigenvalue weighted by molar-refractivity contribution is 5.82. The van der Waals surface area contributed by atoms with Crippen molar-refractivity contribution in [1.82, 2.24) is 5.32 Å². The van der Waals surface area contributed by atoms with Gasteiger partial charge in [0, 0.05) is 12.5 Å². The molecule has 3 atom stereocenters. The smallest absolute Gasteiger partial charge is 0.306 e. The maximum Gasteiger partial charge on any atom is 0.306 e. The van der Waals surface area contributed by atoms with E-state index in [0.29, 0.717) is 12.3 Å². The van der Waals surface area contributed by atoms with Crippen LogP contribution in [-0.4, -0.2) is 23.5 Å². The van der Waals surface area contributed by atoms with Crippen LogP contribution in [-0.2, 0) is 9.59 Å². The van der Waals surface area contributed by atoms with Crippen LogP contribution in [0.15, 0.2) is 0 Å². The Morgan fingerprint density at radius 2 is 2.23 bits per heavy atom. The molecular formula is C9H13NO3. The second-order valence-electron chi connectivity index (χ2n) is 3.96. The fraction of sp³-hybridized carbons (Fsp3) is 0.778. The second-order valence-corrected chi connectivity index (χ2v) is 3.96. The van der Waals surface area contributed by atoms with Crippen molar-refractivity contribution in [3.05, 3.63) is 0 Å². The lowest BCUT2D eigenvalue weighted by atomic mass is 9.76. The quantitative estimate of drug-likeness (QED) is 0.611. The van der Waals surface area contributed by atoms with Gasteiger partial charge in [-0.3, -0.25) is 9.59 Å². The maximum atomic E-state index is 11.3. The van der Waals surface area contributed by atoms with Crippen molar-refractivity contribution in [2.75, 3.05) is 6.54 Å². The lowest BCUT2D eigenvalue weighted by Crippen LogP contribution is -2.30. The van der Waals surface area contributed by atoms with Crippen LogP contribution in [0, 0.1) is 17.8 Å². The van der Waals surface area contributed by atoms with Crippen molar-refractivity contribution in [2.24, 2.45) is 17.8 Å². The minimum atomic E-state index is -0.752. The van der Waals surface area contributed by atoms with E-state index in [1.54, 1.807) is 0 Å². The van der Waals surface area contributed by atoms with Crippen molar-refractivity contribution in [3.8, 4) is 0 Å². The number of amides is 1. The van der Waals surface area contributed by atoms with E-state index in [2.05, 4.69) is 5.32 Å². The van der Waals surface area contributed by atoms with Crippen molar-refractivity contribution in [1.29, 1.82) is 0 Å². The van der Waals surface area contributed by atoms with Gasteiger partial charge in [0.05, 0.1) is 5.92 Å². The summed E-state index contributed by atoms with van der Waals surface area (Å²) in [6.45, 7) is 0.746. The third-order valence-electron chi connectivity index (χ3n) is 3.22. The topological polar surface area (TPSA) is 66.4 Å². The summed E-state index contributed by atoms with van der Waals surface area (Å²) in [4.78, 5) is 22.0. The fourth-order valence-corrected chi connectivity index (χ4v) is 2.39. The van der Waals surface area contributed by atoms with Gasteiger partial charge in [0.25, 0.3) is 0 Å². The first-order valence-electron chi connectivity index (χ1n) is 4.69. The molecule has 1 heterocycles. The Morgan fingerprint density at radius 1 is 1.46 bits per heavy atom. The SMILES string of the molecule is O=C(O)C1CCC2CNC(=O)C2C1. The van der Waals surface area contributed by atoms with Gasteiger partial charge in [0.2, 0.25) is 5.91 Å². The molecule has 2 aliphatic rings. The van der Waals surface area contributed by atoms with E-state index in [1.165, 1.54) is 0 Å². The zero-order valence-electron chi connectivity index (χ0n) is 7.32. The number of hydrogen-bond acceptors (Lipinski definition) is 2. The Hall–Kier alpha value is -1.06. The third-order valence-corrected chi connectivity index (χ3v) is 3.22. The number of carbonyl (C=O) groups excluding carboxylic acids is 1. The molecule has 0 aromatic rings. The Morgan fingerprint density at radius 3 is 2.92 bits per heavy atom. The van der Waals surface area contributed by atoms with E-state index in [0.717, 1.165) is 19.4 Å². The van der Waals surface area contributed by atoms with Gasteiger partial charge in [0.15, 0.2) is 0 Å². The number of rotatable bonds is 1. The van der Waals surface area contributed by atoms with E-state index in [1.807, 2.05) is 0 Å². The summed E-state index contributed by atoms with van der Waals surface area (Å²) in [7, 11) is 0. The van der Waals surface area contributed by atoms with Gasteiger partial charge < -0.3 is 10.4 Å². The van der Waals surface area contributed by atoms with Crippen LogP contribution >= 0.6 is 0 Å². The summed E-state index contributed by atoms with van der Waals surface area (Å²) in [5, 5.41) is 11.6. The molecule has 0 aromatic heterocycles. The van der Waals surface area contributed by atoms with Crippen LogP contribution in [0.2, 0.25) is 0 Å². The Bertz CT molecular complexity index is 251. The average Bonchev–Trinajstić information content (AvgIpc) is 2.47. The third kappa shape index (κ3) is 1.41. The summed E-state index contributed by atoms with van der Waals surface area (Å²) < 4.78 is 0. The van der Waals surface area contributed by atoms with Gasteiger partial charge in [-0.05, 0) is 25.2 Å². The highest BCUT2D eigenvalue weighted by Crippen LogP contribution is 2.36.